The number of likely N-dealkylation sites (N-methyl/N-ethyl adjacent to an activating group) is 1. The minimum Gasteiger partial charge on any atom is -0.325 e. The first-order valence-corrected chi connectivity index (χ1v) is 5.71. The molecule has 1 fully saturated rings. The van der Waals surface area contributed by atoms with Gasteiger partial charge in [0, 0.05) is 18.5 Å². The molecule has 3 nitrogen and oxygen atoms in total. The number of rotatable bonds is 2. The lowest BCUT2D eigenvalue weighted by atomic mass is 10.2. The van der Waals surface area contributed by atoms with Gasteiger partial charge in [-0.05, 0) is 31.0 Å². The van der Waals surface area contributed by atoms with E-state index in [-0.39, 0.29) is 6.03 Å². The van der Waals surface area contributed by atoms with Gasteiger partial charge in [-0.15, -0.1) is 0 Å². The van der Waals surface area contributed by atoms with E-state index in [1.54, 1.807) is 9.21 Å². The minimum absolute atomic E-state index is 0.0978. The number of urea groups is 1. The SMILES string of the molecule is Cc1ccc(SN2CCN(C)C2=O)cc1. The van der Waals surface area contributed by atoms with E-state index in [9.17, 15) is 4.79 Å². The summed E-state index contributed by atoms with van der Waals surface area (Å²) in [6.45, 7) is 3.68. The topological polar surface area (TPSA) is 23.6 Å². The Morgan fingerprint density at radius 2 is 1.87 bits per heavy atom. The van der Waals surface area contributed by atoms with Gasteiger partial charge in [0.15, 0.2) is 0 Å². The van der Waals surface area contributed by atoms with Gasteiger partial charge in [-0.1, -0.05) is 17.7 Å². The number of hydrogen-bond donors (Lipinski definition) is 0. The highest BCUT2D eigenvalue weighted by molar-refractivity contribution is 7.97. The molecule has 15 heavy (non-hydrogen) atoms. The van der Waals surface area contributed by atoms with E-state index in [0.717, 1.165) is 18.0 Å². The van der Waals surface area contributed by atoms with Crippen LogP contribution in [0.25, 0.3) is 0 Å². The smallest absolute Gasteiger partial charge is 0.325 e. The number of benzene rings is 1. The van der Waals surface area contributed by atoms with Crippen LogP contribution in [0.3, 0.4) is 0 Å². The van der Waals surface area contributed by atoms with E-state index >= 15 is 0 Å². The molecule has 1 aromatic carbocycles. The summed E-state index contributed by atoms with van der Waals surface area (Å²) in [6.07, 6.45) is 0. The van der Waals surface area contributed by atoms with Crippen molar-refractivity contribution in [3.05, 3.63) is 29.8 Å². The van der Waals surface area contributed by atoms with Gasteiger partial charge in [0.05, 0.1) is 6.54 Å². The lowest BCUT2D eigenvalue weighted by molar-refractivity contribution is 0.216. The summed E-state index contributed by atoms with van der Waals surface area (Å²) in [7, 11) is 1.83. The zero-order valence-corrected chi connectivity index (χ0v) is 9.75. The summed E-state index contributed by atoms with van der Waals surface area (Å²) in [5, 5.41) is 0. The lowest BCUT2D eigenvalue weighted by Crippen LogP contribution is -2.24. The second-order valence-electron chi connectivity index (χ2n) is 3.71. The second kappa shape index (κ2) is 4.14. The minimum atomic E-state index is 0.0978. The molecule has 0 spiro atoms. The van der Waals surface area contributed by atoms with E-state index in [0.29, 0.717) is 0 Å². The predicted octanol–water partition coefficient (Wildman–Crippen LogP) is 2.37. The van der Waals surface area contributed by atoms with Crippen LogP contribution in [0.1, 0.15) is 5.56 Å². The molecule has 1 heterocycles. The monoisotopic (exact) mass is 222 g/mol. The highest BCUT2D eigenvalue weighted by Gasteiger charge is 2.25. The number of nitrogens with zero attached hydrogens (tertiary/aromatic N) is 2. The molecule has 0 saturated carbocycles. The molecule has 0 unspecified atom stereocenters. The summed E-state index contributed by atoms with van der Waals surface area (Å²) in [5.74, 6) is 0. The fourth-order valence-electron chi connectivity index (χ4n) is 1.43. The van der Waals surface area contributed by atoms with Gasteiger partial charge in [-0.3, -0.25) is 4.31 Å². The van der Waals surface area contributed by atoms with Gasteiger partial charge >= 0.3 is 6.03 Å². The van der Waals surface area contributed by atoms with Gasteiger partial charge < -0.3 is 4.90 Å². The Labute approximate surface area is 94.2 Å². The maximum Gasteiger partial charge on any atom is 0.330 e. The van der Waals surface area contributed by atoms with Crippen molar-refractivity contribution in [2.24, 2.45) is 0 Å². The second-order valence-corrected chi connectivity index (χ2v) is 4.81. The quantitative estimate of drug-likeness (QED) is 0.717. The molecule has 1 aromatic rings. The third-order valence-electron chi connectivity index (χ3n) is 2.41. The van der Waals surface area contributed by atoms with Gasteiger partial charge in [0.1, 0.15) is 0 Å². The van der Waals surface area contributed by atoms with Gasteiger partial charge in [0.25, 0.3) is 0 Å². The Balaban J connectivity index is 2.03. The fraction of sp³-hybridized carbons (Fsp3) is 0.364. The number of hydrogen-bond acceptors (Lipinski definition) is 2. The normalized spacial score (nSPS) is 16.3. The molecule has 80 valence electrons. The summed E-state index contributed by atoms with van der Waals surface area (Å²) in [5.41, 5.74) is 1.24. The van der Waals surface area contributed by atoms with Crippen LogP contribution in [-0.2, 0) is 0 Å². The van der Waals surface area contributed by atoms with Crippen molar-refractivity contribution in [2.45, 2.75) is 11.8 Å². The molecule has 1 aliphatic rings. The Kier molecular flexibility index (Phi) is 2.86. The zero-order chi connectivity index (χ0) is 10.8. The van der Waals surface area contributed by atoms with Crippen molar-refractivity contribution >= 4 is 18.0 Å². The zero-order valence-electron chi connectivity index (χ0n) is 8.93. The third-order valence-corrected chi connectivity index (χ3v) is 3.46. The van der Waals surface area contributed by atoms with Crippen molar-refractivity contribution in [2.75, 3.05) is 20.1 Å². The van der Waals surface area contributed by atoms with Crippen molar-refractivity contribution in [3.8, 4) is 0 Å². The number of amides is 2. The number of carbonyl (C=O) groups excluding carboxylic acids is 1. The van der Waals surface area contributed by atoms with Crippen LogP contribution in [0.4, 0.5) is 4.79 Å². The molecule has 0 radical (unpaired) electrons. The van der Waals surface area contributed by atoms with Gasteiger partial charge in [-0.25, -0.2) is 4.79 Å². The Bertz CT molecular complexity index is 363. The average Bonchev–Trinajstić information content (AvgIpc) is 2.53. The highest BCUT2D eigenvalue weighted by atomic mass is 32.2. The van der Waals surface area contributed by atoms with Crippen molar-refractivity contribution < 1.29 is 4.79 Å². The predicted molar refractivity (Wildman–Crippen MR) is 61.8 cm³/mol. The van der Waals surface area contributed by atoms with Crippen LogP contribution in [0, 0.1) is 6.92 Å². The average molecular weight is 222 g/mol. The molecule has 0 bridgehead atoms. The number of carbonyl (C=O) groups is 1. The molecule has 2 rings (SSSR count). The molecule has 4 heteroatoms. The molecular formula is C11H14N2OS. The van der Waals surface area contributed by atoms with E-state index in [1.807, 2.05) is 19.2 Å². The lowest BCUT2D eigenvalue weighted by Gasteiger charge is -2.14. The van der Waals surface area contributed by atoms with E-state index in [4.69, 9.17) is 0 Å². The van der Waals surface area contributed by atoms with Gasteiger partial charge in [0.2, 0.25) is 0 Å². The molecular weight excluding hydrogens is 208 g/mol. The summed E-state index contributed by atoms with van der Waals surface area (Å²) >= 11 is 1.51. The van der Waals surface area contributed by atoms with Crippen molar-refractivity contribution in [1.82, 2.24) is 9.21 Å². The first-order chi connectivity index (χ1) is 7.16. The van der Waals surface area contributed by atoms with Gasteiger partial charge in [-0.2, -0.15) is 0 Å². The van der Waals surface area contributed by atoms with Crippen LogP contribution in [0.5, 0.6) is 0 Å². The molecule has 0 aliphatic carbocycles. The largest absolute Gasteiger partial charge is 0.330 e. The molecule has 0 aromatic heterocycles. The van der Waals surface area contributed by atoms with Crippen LogP contribution in [0.2, 0.25) is 0 Å². The van der Waals surface area contributed by atoms with Crippen molar-refractivity contribution in [3.63, 3.8) is 0 Å². The van der Waals surface area contributed by atoms with Crippen LogP contribution >= 0.6 is 11.9 Å². The first kappa shape index (κ1) is 10.4. The number of aryl methyl sites for hydroxylation is 1. The summed E-state index contributed by atoms with van der Waals surface area (Å²) in [6, 6.07) is 8.32. The molecule has 2 amide bonds. The highest BCUT2D eigenvalue weighted by Crippen LogP contribution is 2.26. The van der Waals surface area contributed by atoms with Crippen LogP contribution in [0.15, 0.2) is 29.2 Å². The fourth-order valence-corrected chi connectivity index (χ4v) is 2.34. The maximum absolute atomic E-state index is 11.6. The van der Waals surface area contributed by atoms with E-state index < -0.39 is 0 Å². The maximum atomic E-state index is 11.6. The Hall–Kier alpha value is -1.16. The summed E-state index contributed by atoms with van der Waals surface area (Å²) < 4.78 is 1.80. The molecule has 1 saturated heterocycles. The van der Waals surface area contributed by atoms with Crippen molar-refractivity contribution in [1.29, 1.82) is 0 Å². The molecule has 0 atom stereocenters. The Morgan fingerprint density at radius 3 is 2.40 bits per heavy atom. The Morgan fingerprint density at radius 1 is 1.20 bits per heavy atom. The standard InChI is InChI=1S/C11H14N2OS/c1-9-3-5-10(6-4-9)15-13-8-7-12(2)11(13)14/h3-6H,7-8H2,1-2H3. The van der Waals surface area contributed by atoms with E-state index in [1.165, 1.54) is 17.5 Å². The van der Waals surface area contributed by atoms with E-state index in [2.05, 4.69) is 19.1 Å². The van der Waals surface area contributed by atoms with Crippen LogP contribution < -0.4 is 0 Å². The third kappa shape index (κ3) is 2.26. The summed E-state index contributed by atoms with van der Waals surface area (Å²) in [4.78, 5) is 14.5. The van der Waals surface area contributed by atoms with Crippen LogP contribution in [-0.4, -0.2) is 35.4 Å². The first-order valence-electron chi connectivity index (χ1n) is 4.94. The molecule has 0 N–H and O–H groups in total. The molecule has 1 aliphatic heterocycles.